The number of aryl methyl sites for hydroxylation is 2. The Morgan fingerprint density at radius 1 is 1.04 bits per heavy atom. The van der Waals surface area contributed by atoms with E-state index < -0.39 is 0 Å². The van der Waals surface area contributed by atoms with Crippen molar-refractivity contribution in [1.82, 2.24) is 0 Å². The van der Waals surface area contributed by atoms with Crippen molar-refractivity contribution in [2.75, 3.05) is 10.6 Å². The van der Waals surface area contributed by atoms with Gasteiger partial charge in [-0.15, -0.1) is 0 Å². The van der Waals surface area contributed by atoms with Gasteiger partial charge in [-0.1, -0.05) is 18.2 Å². The molecule has 1 amide bonds. The van der Waals surface area contributed by atoms with Crippen molar-refractivity contribution in [2.45, 2.75) is 34.2 Å². The quantitative estimate of drug-likeness (QED) is 0.689. The molecule has 3 rings (SSSR count). The second kappa shape index (κ2) is 7.04. The lowest BCUT2D eigenvalue weighted by molar-refractivity contribution is -0.114. The van der Waals surface area contributed by atoms with Crippen LogP contribution in [0.2, 0.25) is 0 Å². The molecule has 0 bridgehead atoms. The van der Waals surface area contributed by atoms with Crippen LogP contribution in [0.4, 0.5) is 11.4 Å². The van der Waals surface area contributed by atoms with Crippen LogP contribution in [0, 0.1) is 20.8 Å². The highest BCUT2D eigenvalue weighted by molar-refractivity contribution is 5.90. The number of anilines is 2. The molecular weight excluding hydrogens is 328 g/mol. The summed E-state index contributed by atoms with van der Waals surface area (Å²) in [6.45, 7) is 7.86. The lowest BCUT2D eigenvalue weighted by Crippen LogP contribution is -2.10. The topological polar surface area (TPSA) is 71.3 Å². The van der Waals surface area contributed by atoms with E-state index in [0.717, 1.165) is 39.0 Å². The highest BCUT2D eigenvalue weighted by Crippen LogP contribution is 2.26. The number of amides is 1. The molecule has 0 aliphatic heterocycles. The van der Waals surface area contributed by atoms with Crippen LogP contribution in [0.25, 0.3) is 11.0 Å². The fourth-order valence-corrected chi connectivity index (χ4v) is 3.01. The van der Waals surface area contributed by atoms with E-state index >= 15 is 0 Å². The monoisotopic (exact) mass is 350 g/mol. The van der Waals surface area contributed by atoms with Gasteiger partial charge in [0, 0.05) is 36.3 Å². The van der Waals surface area contributed by atoms with Crippen molar-refractivity contribution < 1.29 is 9.21 Å². The summed E-state index contributed by atoms with van der Waals surface area (Å²) in [5.41, 5.74) is 5.85. The summed E-state index contributed by atoms with van der Waals surface area (Å²) in [6.07, 6.45) is 0. The normalized spacial score (nSPS) is 10.8. The largest absolute Gasteiger partial charge is 0.422 e. The molecule has 0 radical (unpaired) electrons. The van der Waals surface area contributed by atoms with Gasteiger partial charge in [0.2, 0.25) is 5.91 Å². The van der Waals surface area contributed by atoms with Crippen LogP contribution in [-0.4, -0.2) is 5.91 Å². The molecule has 0 aliphatic carbocycles. The number of nitrogens with one attached hydrogen (secondary N) is 2. The van der Waals surface area contributed by atoms with Crippen LogP contribution >= 0.6 is 0 Å². The summed E-state index contributed by atoms with van der Waals surface area (Å²) >= 11 is 0. The zero-order valence-corrected chi connectivity index (χ0v) is 15.4. The second-order valence-corrected chi connectivity index (χ2v) is 6.49. The van der Waals surface area contributed by atoms with Crippen LogP contribution in [0.3, 0.4) is 0 Å². The molecule has 0 aliphatic rings. The van der Waals surface area contributed by atoms with Crippen LogP contribution < -0.4 is 16.3 Å². The van der Waals surface area contributed by atoms with Crippen LogP contribution in [-0.2, 0) is 11.3 Å². The van der Waals surface area contributed by atoms with Gasteiger partial charge in [-0.05, 0) is 55.2 Å². The molecule has 5 heteroatoms. The SMILES string of the molecule is CC(=O)Nc1cccc(NCc2cc(=O)oc3c(C)c(C)ccc23)c1C. The van der Waals surface area contributed by atoms with Crippen LogP contribution in [0.5, 0.6) is 0 Å². The summed E-state index contributed by atoms with van der Waals surface area (Å²) in [4.78, 5) is 23.3. The number of hydrogen-bond donors (Lipinski definition) is 2. The van der Waals surface area contributed by atoms with Gasteiger partial charge in [0.1, 0.15) is 5.58 Å². The van der Waals surface area contributed by atoms with Crippen molar-refractivity contribution in [3.05, 3.63) is 69.1 Å². The van der Waals surface area contributed by atoms with Gasteiger partial charge in [-0.25, -0.2) is 4.79 Å². The summed E-state index contributed by atoms with van der Waals surface area (Å²) < 4.78 is 5.42. The number of carbonyl (C=O) groups is 1. The fraction of sp³-hybridized carbons (Fsp3) is 0.238. The Morgan fingerprint density at radius 3 is 2.50 bits per heavy atom. The van der Waals surface area contributed by atoms with Crippen LogP contribution in [0.1, 0.15) is 29.2 Å². The van der Waals surface area contributed by atoms with Crippen molar-refractivity contribution in [2.24, 2.45) is 0 Å². The minimum absolute atomic E-state index is 0.109. The number of hydrogen-bond acceptors (Lipinski definition) is 4. The predicted octanol–water partition coefficient (Wildman–Crippen LogP) is 4.29. The lowest BCUT2D eigenvalue weighted by atomic mass is 10.0. The molecule has 26 heavy (non-hydrogen) atoms. The van der Waals surface area contributed by atoms with Gasteiger partial charge in [0.15, 0.2) is 0 Å². The Labute approximate surface area is 152 Å². The summed E-state index contributed by atoms with van der Waals surface area (Å²) in [5, 5.41) is 7.11. The maximum Gasteiger partial charge on any atom is 0.336 e. The molecule has 3 aromatic rings. The van der Waals surface area contributed by atoms with E-state index in [1.54, 1.807) is 0 Å². The average molecular weight is 350 g/mol. The number of rotatable bonds is 4. The minimum Gasteiger partial charge on any atom is -0.422 e. The molecule has 1 heterocycles. The lowest BCUT2D eigenvalue weighted by Gasteiger charge is -2.15. The third-order valence-electron chi connectivity index (χ3n) is 4.63. The molecule has 0 spiro atoms. The predicted molar refractivity (Wildman–Crippen MR) is 105 cm³/mol. The highest BCUT2D eigenvalue weighted by Gasteiger charge is 2.11. The first kappa shape index (κ1) is 17.7. The van der Waals surface area contributed by atoms with E-state index in [-0.39, 0.29) is 11.5 Å². The molecule has 1 aromatic heterocycles. The Hall–Kier alpha value is -3.08. The van der Waals surface area contributed by atoms with E-state index in [2.05, 4.69) is 10.6 Å². The van der Waals surface area contributed by atoms with Crippen molar-refractivity contribution in [3.63, 3.8) is 0 Å². The first-order valence-electron chi connectivity index (χ1n) is 8.51. The summed E-state index contributed by atoms with van der Waals surface area (Å²) in [6, 6.07) is 11.2. The fourth-order valence-electron chi connectivity index (χ4n) is 3.01. The highest BCUT2D eigenvalue weighted by atomic mass is 16.4. The van der Waals surface area contributed by atoms with Gasteiger partial charge in [0.05, 0.1) is 0 Å². The molecule has 0 unspecified atom stereocenters. The summed E-state index contributed by atoms with van der Waals surface area (Å²) in [5.74, 6) is -0.109. The molecule has 0 atom stereocenters. The standard InChI is InChI=1S/C21H22N2O3/c1-12-8-9-17-16(10-20(25)26-21(17)13(12)2)11-22-18-6-5-7-19(14(18)3)23-15(4)24/h5-10,22H,11H2,1-4H3,(H,23,24). The molecular formula is C21H22N2O3. The molecule has 0 saturated carbocycles. The Bertz CT molecular complexity index is 1050. The van der Waals surface area contributed by atoms with Crippen LogP contribution in [0.15, 0.2) is 45.6 Å². The molecule has 134 valence electrons. The Kier molecular flexibility index (Phi) is 4.80. The molecule has 5 nitrogen and oxygen atoms in total. The average Bonchev–Trinajstić information content (AvgIpc) is 2.58. The van der Waals surface area contributed by atoms with Gasteiger partial charge in [-0.3, -0.25) is 4.79 Å². The zero-order valence-electron chi connectivity index (χ0n) is 15.4. The van der Waals surface area contributed by atoms with Gasteiger partial charge in [-0.2, -0.15) is 0 Å². The zero-order chi connectivity index (χ0) is 18.8. The smallest absolute Gasteiger partial charge is 0.336 e. The molecule has 2 N–H and O–H groups in total. The van der Waals surface area contributed by atoms with Gasteiger partial charge < -0.3 is 15.1 Å². The maximum absolute atomic E-state index is 12.0. The first-order valence-corrected chi connectivity index (χ1v) is 8.51. The Morgan fingerprint density at radius 2 is 1.77 bits per heavy atom. The van der Waals surface area contributed by atoms with Crippen molar-refractivity contribution in [1.29, 1.82) is 0 Å². The van der Waals surface area contributed by atoms with Gasteiger partial charge in [0.25, 0.3) is 0 Å². The first-order chi connectivity index (χ1) is 12.4. The number of benzene rings is 2. The van der Waals surface area contributed by atoms with E-state index in [1.807, 2.05) is 51.1 Å². The third kappa shape index (κ3) is 3.47. The number of carbonyl (C=O) groups excluding carboxylic acids is 1. The van der Waals surface area contributed by atoms with E-state index in [9.17, 15) is 9.59 Å². The van der Waals surface area contributed by atoms with Gasteiger partial charge >= 0.3 is 5.63 Å². The van der Waals surface area contributed by atoms with E-state index in [1.165, 1.54) is 13.0 Å². The maximum atomic E-state index is 12.0. The molecule has 0 saturated heterocycles. The Balaban J connectivity index is 1.95. The van der Waals surface area contributed by atoms with E-state index in [0.29, 0.717) is 12.1 Å². The molecule has 0 fully saturated rings. The van der Waals surface area contributed by atoms with E-state index in [4.69, 9.17) is 4.42 Å². The summed E-state index contributed by atoms with van der Waals surface area (Å²) in [7, 11) is 0. The third-order valence-corrected chi connectivity index (χ3v) is 4.63. The van der Waals surface area contributed by atoms with Crippen molar-refractivity contribution >= 4 is 28.3 Å². The minimum atomic E-state index is -0.355. The molecule has 2 aromatic carbocycles. The van der Waals surface area contributed by atoms with Crippen molar-refractivity contribution in [3.8, 4) is 0 Å². The number of fused-ring (bicyclic) bond motifs is 1. The second-order valence-electron chi connectivity index (χ2n) is 6.49.